The van der Waals surface area contributed by atoms with Crippen molar-refractivity contribution in [2.75, 3.05) is 0 Å². The van der Waals surface area contributed by atoms with Crippen LogP contribution in [0.3, 0.4) is 0 Å². The number of halogens is 1. The average molecular weight is 297 g/mol. The minimum absolute atomic E-state index is 0.0861. The van der Waals surface area contributed by atoms with Crippen molar-refractivity contribution in [2.24, 2.45) is 0 Å². The Morgan fingerprint density at radius 2 is 1.71 bits per heavy atom. The molecule has 3 rings (SSSR count). The molecule has 3 aromatic rings. The van der Waals surface area contributed by atoms with Crippen LogP contribution in [-0.2, 0) is 0 Å². The summed E-state index contributed by atoms with van der Waals surface area (Å²) < 4.78 is 13.0. The van der Waals surface area contributed by atoms with Crippen molar-refractivity contribution in [1.29, 1.82) is 0 Å². The maximum absolute atomic E-state index is 13.0. The van der Waals surface area contributed by atoms with Crippen molar-refractivity contribution in [3.05, 3.63) is 76.7 Å². The number of hydrogen-bond acceptors (Lipinski definition) is 3. The number of ketones is 1. The van der Waals surface area contributed by atoms with Crippen LogP contribution in [-0.4, -0.2) is 10.8 Å². The zero-order chi connectivity index (χ0) is 14.8. The van der Waals surface area contributed by atoms with Crippen molar-refractivity contribution in [3.63, 3.8) is 0 Å². The highest BCUT2D eigenvalue weighted by atomic mass is 32.1. The second-order valence-electron chi connectivity index (χ2n) is 4.64. The van der Waals surface area contributed by atoms with Gasteiger partial charge in [0.1, 0.15) is 5.82 Å². The van der Waals surface area contributed by atoms with E-state index < -0.39 is 0 Å². The molecule has 0 fully saturated rings. The van der Waals surface area contributed by atoms with Crippen LogP contribution in [0.1, 0.15) is 21.1 Å². The highest BCUT2D eigenvalue weighted by Gasteiger charge is 2.17. The number of carbonyl (C=O) groups is 1. The molecule has 0 bridgehead atoms. The second kappa shape index (κ2) is 5.58. The summed E-state index contributed by atoms with van der Waals surface area (Å²) in [5.41, 5.74) is 2.28. The van der Waals surface area contributed by atoms with Gasteiger partial charge in [-0.25, -0.2) is 9.37 Å². The van der Waals surface area contributed by atoms with Crippen molar-refractivity contribution in [1.82, 2.24) is 4.98 Å². The van der Waals surface area contributed by atoms with Gasteiger partial charge in [-0.3, -0.25) is 4.79 Å². The predicted molar refractivity (Wildman–Crippen MR) is 82.1 cm³/mol. The molecule has 2 nitrogen and oxygen atoms in total. The molecular weight excluding hydrogens is 285 g/mol. The topological polar surface area (TPSA) is 30.0 Å². The molecule has 2 aromatic carbocycles. The smallest absolute Gasteiger partial charge is 0.221 e. The van der Waals surface area contributed by atoms with E-state index in [0.29, 0.717) is 10.6 Å². The summed E-state index contributed by atoms with van der Waals surface area (Å²) in [7, 11) is 0. The Morgan fingerprint density at radius 1 is 1.05 bits per heavy atom. The molecule has 0 aliphatic carbocycles. The van der Waals surface area contributed by atoms with Crippen molar-refractivity contribution >= 4 is 17.1 Å². The summed E-state index contributed by atoms with van der Waals surface area (Å²) in [6.07, 6.45) is 0. The molecule has 1 heterocycles. The van der Waals surface area contributed by atoms with Gasteiger partial charge >= 0.3 is 0 Å². The Morgan fingerprint density at radius 3 is 2.38 bits per heavy atom. The molecule has 0 aliphatic rings. The van der Waals surface area contributed by atoms with Crippen molar-refractivity contribution in [3.8, 4) is 10.4 Å². The van der Waals surface area contributed by atoms with Gasteiger partial charge in [0, 0.05) is 5.56 Å². The fourth-order valence-electron chi connectivity index (χ4n) is 2.08. The van der Waals surface area contributed by atoms with Crippen LogP contribution in [0, 0.1) is 12.7 Å². The summed E-state index contributed by atoms with van der Waals surface area (Å²) in [5, 5.41) is 0.457. The first-order valence-electron chi connectivity index (χ1n) is 6.48. The summed E-state index contributed by atoms with van der Waals surface area (Å²) in [5.74, 6) is -0.362. The fourth-order valence-corrected chi connectivity index (χ4v) is 3.11. The number of carbonyl (C=O) groups excluding carboxylic acids is 1. The monoisotopic (exact) mass is 297 g/mol. The van der Waals surface area contributed by atoms with Gasteiger partial charge in [-0.1, -0.05) is 42.5 Å². The summed E-state index contributed by atoms with van der Waals surface area (Å²) in [6, 6.07) is 15.3. The summed E-state index contributed by atoms with van der Waals surface area (Å²) in [6.45, 7) is 1.86. The quantitative estimate of drug-likeness (QED) is 0.667. The van der Waals surface area contributed by atoms with Crippen LogP contribution < -0.4 is 0 Å². The second-order valence-corrected chi connectivity index (χ2v) is 5.63. The Balaban J connectivity index is 1.98. The number of aromatic nitrogens is 1. The average Bonchev–Trinajstić information content (AvgIpc) is 2.90. The molecule has 104 valence electrons. The van der Waals surface area contributed by atoms with Gasteiger partial charge in [0.05, 0.1) is 10.6 Å². The van der Waals surface area contributed by atoms with E-state index in [1.165, 1.54) is 23.5 Å². The molecule has 21 heavy (non-hydrogen) atoms. The lowest BCUT2D eigenvalue weighted by molar-refractivity contribution is 0.103. The largest absolute Gasteiger partial charge is 0.286 e. The molecular formula is C17H12FNOS. The lowest BCUT2D eigenvalue weighted by Crippen LogP contribution is -1.99. The zero-order valence-electron chi connectivity index (χ0n) is 11.3. The SMILES string of the molecule is Cc1nc(C(=O)c2ccccc2)sc1-c1ccc(F)cc1. The van der Waals surface area contributed by atoms with E-state index in [1.54, 1.807) is 24.3 Å². The van der Waals surface area contributed by atoms with Crippen molar-refractivity contribution < 1.29 is 9.18 Å². The molecule has 0 amide bonds. The first-order chi connectivity index (χ1) is 10.1. The lowest BCUT2D eigenvalue weighted by Gasteiger charge is -1.97. The van der Waals surface area contributed by atoms with Gasteiger partial charge in [0.15, 0.2) is 5.01 Å². The maximum Gasteiger partial charge on any atom is 0.221 e. The first-order valence-corrected chi connectivity index (χ1v) is 7.30. The third-order valence-electron chi connectivity index (χ3n) is 3.13. The van der Waals surface area contributed by atoms with Gasteiger partial charge in [-0.05, 0) is 24.6 Å². The van der Waals surface area contributed by atoms with E-state index in [9.17, 15) is 9.18 Å². The Kier molecular flexibility index (Phi) is 3.62. The highest BCUT2D eigenvalue weighted by molar-refractivity contribution is 7.17. The molecule has 0 saturated carbocycles. The fraction of sp³-hybridized carbons (Fsp3) is 0.0588. The van der Waals surface area contributed by atoms with Crippen LogP contribution in [0.25, 0.3) is 10.4 Å². The number of hydrogen-bond donors (Lipinski definition) is 0. The van der Waals surface area contributed by atoms with Gasteiger partial charge in [0.2, 0.25) is 5.78 Å². The third-order valence-corrected chi connectivity index (χ3v) is 4.34. The van der Waals surface area contributed by atoms with Crippen LogP contribution in [0.5, 0.6) is 0 Å². The minimum Gasteiger partial charge on any atom is -0.286 e. The van der Waals surface area contributed by atoms with Crippen molar-refractivity contribution in [2.45, 2.75) is 6.92 Å². The van der Waals surface area contributed by atoms with Gasteiger partial charge in [-0.2, -0.15) is 0 Å². The number of aryl methyl sites for hydroxylation is 1. The maximum atomic E-state index is 13.0. The van der Waals surface area contributed by atoms with Crippen LogP contribution in [0.4, 0.5) is 4.39 Å². The van der Waals surface area contributed by atoms with E-state index in [-0.39, 0.29) is 11.6 Å². The molecule has 4 heteroatoms. The normalized spacial score (nSPS) is 10.6. The Hall–Kier alpha value is -2.33. The first kappa shape index (κ1) is 13.6. The van der Waals surface area contributed by atoms with E-state index in [1.807, 2.05) is 25.1 Å². The Labute approximate surface area is 125 Å². The number of benzene rings is 2. The zero-order valence-corrected chi connectivity index (χ0v) is 12.2. The van der Waals surface area contributed by atoms with E-state index in [2.05, 4.69) is 4.98 Å². The van der Waals surface area contributed by atoms with E-state index >= 15 is 0 Å². The Bertz CT molecular complexity index is 778. The van der Waals surface area contributed by atoms with Gasteiger partial charge < -0.3 is 0 Å². The van der Waals surface area contributed by atoms with Crippen LogP contribution in [0.15, 0.2) is 54.6 Å². The highest BCUT2D eigenvalue weighted by Crippen LogP contribution is 2.31. The number of nitrogens with zero attached hydrogens (tertiary/aromatic N) is 1. The summed E-state index contributed by atoms with van der Waals surface area (Å²) in [4.78, 5) is 17.6. The molecule has 0 saturated heterocycles. The lowest BCUT2D eigenvalue weighted by atomic mass is 10.1. The molecule has 0 aliphatic heterocycles. The summed E-state index contributed by atoms with van der Waals surface area (Å²) >= 11 is 1.34. The van der Waals surface area contributed by atoms with Gasteiger partial charge in [0.25, 0.3) is 0 Å². The molecule has 0 N–H and O–H groups in total. The van der Waals surface area contributed by atoms with Crippen LogP contribution in [0.2, 0.25) is 0 Å². The van der Waals surface area contributed by atoms with Crippen LogP contribution >= 0.6 is 11.3 Å². The standard InChI is InChI=1S/C17H12FNOS/c1-11-16(13-7-9-14(18)10-8-13)21-17(19-11)15(20)12-5-3-2-4-6-12/h2-10H,1H3. The third kappa shape index (κ3) is 2.76. The molecule has 1 aromatic heterocycles. The van der Waals surface area contributed by atoms with E-state index in [4.69, 9.17) is 0 Å². The molecule has 0 spiro atoms. The molecule has 0 atom stereocenters. The number of rotatable bonds is 3. The van der Waals surface area contributed by atoms with Gasteiger partial charge in [-0.15, -0.1) is 11.3 Å². The molecule has 0 unspecified atom stereocenters. The van der Waals surface area contributed by atoms with E-state index in [0.717, 1.165) is 16.1 Å². The molecule has 0 radical (unpaired) electrons. The minimum atomic E-state index is -0.276. The predicted octanol–water partition coefficient (Wildman–Crippen LogP) is 4.49. The number of thiazole rings is 1.